The van der Waals surface area contributed by atoms with E-state index in [2.05, 4.69) is 26.9 Å². The van der Waals surface area contributed by atoms with E-state index >= 15 is 0 Å². The van der Waals surface area contributed by atoms with Crippen LogP contribution in [0.15, 0.2) is 22.7 Å². The smallest absolute Gasteiger partial charge is 0.123 e. The number of hydrogen-bond acceptors (Lipinski definition) is 3. The van der Waals surface area contributed by atoms with Gasteiger partial charge in [-0.25, -0.2) is 0 Å². The summed E-state index contributed by atoms with van der Waals surface area (Å²) in [5.41, 5.74) is 0.631. The van der Waals surface area contributed by atoms with Crippen LogP contribution in [0.25, 0.3) is 0 Å². The van der Waals surface area contributed by atoms with Crippen LogP contribution in [-0.4, -0.2) is 35.8 Å². The van der Waals surface area contributed by atoms with Gasteiger partial charge in [0.05, 0.1) is 12.7 Å². The monoisotopic (exact) mass is 285 g/mol. The SMILES string of the molecule is COc1ccc(Br)cc1CN1CC(C)(O)C1. The van der Waals surface area contributed by atoms with E-state index in [0.717, 1.165) is 35.4 Å². The molecule has 2 rings (SSSR count). The third kappa shape index (κ3) is 2.56. The van der Waals surface area contributed by atoms with Gasteiger partial charge in [-0.15, -0.1) is 0 Å². The fraction of sp³-hybridized carbons (Fsp3) is 0.500. The molecular formula is C12H16BrNO2. The third-order valence-corrected chi connectivity index (χ3v) is 3.26. The molecule has 3 nitrogen and oxygen atoms in total. The molecule has 1 saturated heterocycles. The van der Waals surface area contributed by atoms with Gasteiger partial charge in [0, 0.05) is 29.7 Å². The number of aliphatic hydroxyl groups is 1. The number of ether oxygens (including phenoxy) is 1. The van der Waals surface area contributed by atoms with Gasteiger partial charge < -0.3 is 9.84 Å². The summed E-state index contributed by atoms with van der Waals surface area (Å²) in [4.78, 5) is 2.20. The largest absolute Gasteiger partial charge is 0.496 e. The van der Waals surface area contributed by atoms with Crippen molar-refractivity contribution >= 4 is 15.9 Å². The molecule has 0 aromatic heterocycles. The highest BCUT2D eigenvalue weighted by Crippen LogP contribution is 2.28. The number of nitrogens with zero attached hydrogens (tertiary/aromatic N) is 1. The molecule has 0 aliphatic carbocycles. The first-order chi connectivity index (χ1) is 7.50. The topological polar surface area (TPSA) is 32.7 Å². The second kappa shape index (κ2) is 4.35. The Balaban J connectivity index is 2.06. The molecule has 16 heavy (non-hydrogen) atoms. The van der Waals surface area contributed by atoms with Gasteiger partial charge >= 0.3 is 0 Å². The molecule has 0 saturated carbocycles. The van der Waals surface area contributed by atoms with E-state index in [0.29, 0.717) is 0 Å². The number of rotatable bonds is 3. The van der Waals surface area contributed by atoms with Crippen molar-refractivity contribution in [3.8, 4) is 5.75 Å². The quantitative estimate of drug-likeness (QED) is 0.922. The predicted octanol–water partition coefficient (Wildman–Crippen LogP) is 2.02. The van der Waals surface area contributed by atoms with Gasteiger partial charge in [-0.3, -0.25) is 4.90 Å². The Hall–Kier alpha value is -0.580. The zero-order valence-corrected chi connectivity index (χ0v) is 11.1. The highest BCUT2D eigenvalue weighted by atomic mass is 79.9. The molecule has 0 radical (unpaired) electrons. The molecule has 1 fully saturated rings. The Kier molecular flexibility index (Phi) is 3.24. The predicted molar refractivity (Wildman–Crippen MR) is 66.6 cm³/mol. The molecule has 88 valence electrons. The van der Waals surface area contributed by atoms with Crippen LogP contribution in [0.3, 0.4) is 0 Å². The van der Waals surface area contributed by atoms with Gasteiger partial charge in [-0.2, -0.15) is 0 Å². The molecule has 1 aliphatic heterocycles. The Morgan fingerprint density at radius 3 is 2.75 bits per heavy atom. The Labute approximate surface area is 104 Å². The van der Waals surface area contributed by atoms with Crippen LogP contribution in [-0.2, 0) is 6.54 Å². The summed E-state index contributed by atoms with van der Waals surface area (Å²) < 4.78 is 6.36. The third-order valence-electron chi connectivity index (χ3n) is 2.76. The molecule has 1 N–H and O–H groups in total. The van der Waals surface area contributed by atoms with E-state index in [1.807, 2.05) is 19.1 Å². The lowest BCUT2D eigenvalue weighted by atomic mass is 9.96. The second-order valence-corrected chi connectivity index (χ2v) is 5.51. The molecule has 1 aliphatic rings. The van der Waals surface area contributed by atoms with Crippen LogP contribution in [0.4, 0.5) is 0 Å². The van der Waals surface area contributed by atoms with E-state index in [9.17, 15) is 5.11 Å². The summed E-state index contributed by atoms with van der Waals surface area (Å²) in [6, 6.07) is 5.98. The highest BCUT2D eigenvalue weighted by Gasteiger charge is 2.36. The number of hydrogen-bond donors (Lipinski definition) is 1. The second-order valence-electron chi connectivity index (χ2n) is 4.60. The maximum atomic E-state index is 9.66. The van der Waals surface area contributed by atoms with Crippen LogP contribution in [0, 0.1) is 0 Å². The van der Waals surface area contributed by atoms with E-state index in [1.54, 1.807) is 7.11 Å². The lowest BCUT2D eigenvalue weighted by Crippen LogP contribution is -2.59. The van der Waals surface area contributed by atoms with E-state index in [-0.39, 0.29) is 0 Å². The highest BCUT2D eigenvalue weighted by molar-refractivity contribution is 9.10. The van der Waals surface area contributed by atoms with Crippen molar-refractivity contribution in [3.05, 3.63) is 28.2 Å². The lowest BCUT2D eigenvalue weighted by Gasteiger charge is -2.44. The Bertz CT molecular complexity index is 385. The molecule has 1 aromatic rings. The minimum Gasteiger partial charge on any atom is -0.496 e. The summed E-state index contributed by atoms with van der Waals surface area (Å²) in [5.74, 6) is 0.898. The van der Waals surface area contributed by atoms with Gasteiger partial charge in [0.25, 0.3) is 0 Å². The zero-order chi connectivity index (χ0) is 11.8. The average Bonchev–Trinajstić information content (AvgIpc) is 2.15. The standard InChI is InChI=1S/C12H16BrNO2/c1-12(15)7-14(8-12)6-9-5-10(13)3-4-11(9)16-2/h3-5,15H,6-8H2,1-2H3. The number of benzene rings is 1. The van der Waals surface area contributed by atoms with Gasteiger partial charge in [-0.1, -0.05) is 15.9 Å². The van der Waals surface area contributed by atoms with Crippen molar-refractivity contribution in [1.82, 2.24) is 4.90 Å². The minimum absolute atomic E-state index is 0.515. The summed E-state index contributed by atoms with van der Waals surface area (Å²) in [7, 11) is 1.68. The van der Waals surface area contributed by atoms with E-state index < -0.39 is 5.60 Å². The Morgan fingerprint density at radius 1 is 1.50 bits per heavy atom. The number of likely N-dealkylation sites (tertiary alicyclic amines) is 1. The van der Waals surface area contributed by atoms with Crippen molar-refractivity contribution < 1.29 is 9.84 Å². The molecule has 0 spiro atoms. The van der Waals surface area contributed by atoms with Gasteiger partial charge in [0.15, 0.2) is 0 Å². The van der Waals surface area contributed by atoms with Crippen molar-refractivity contribution in [3.63, 3.8) is 0 Å². The van der Waals surface area contributed by atoms with Crippen LogP contribution in [0.5, 0.6) is 5.75 Å². The van der Waals surface area contributed by atoms with Crippen LogP contribution in [0.1, 0.15) is 12.5 Å². The molecule has 1 aromatic carbocycles. The molecule has 1 heterocycles. The summed E-state index contributed by atoms with van der Waals surface area (Å²) in [6.07, 6.45) is 0. The number of methoxy groups -OCH3 is 1. The minimum atomic E-state index is -0.515. The average molecular weight is 286 g/mol. The van der Waals surface area contributed by atoms with Gasteiger partial charge in [0.2, 0.25) is 0 Å². The first-order valence-corrected chi connectivity index (χ1v) is 6.07. The fourth-order valence-corrected chi connectivity index (χ4v) is 2.55. The Morgan fingerprint density at radius 2 is 2.19 bits per heavy atom. The van der Waals surface area contributed by atoms with E-state index in [1.165, 1.54) is 0 Å². The van der Waals surface area contributed by atoms with Gasteiger partial charge in [-0.05, 0) is 25.1 Å². The fourth-order valence-electron chi connectivity index (χ4n) is 2.14. The molecule has 0 bridgehead atoms. The lowest BCUT2D eigenvalue weighted by molar-refractivity contribution is -0.0873. The summed E-state index contributed by atoms with van der Waals surface area (Å²) >= 11 is 3.45. The van der Waals surface area contributed by atoms with Crippen molar-refractivity contribution in [2.45, 2.75) is 19.1 Å². The van der Waals surface area contributed by atoms with Crippen molar-refractivity contribution in [1.29, 1.82) is 0 Å². The first kappa shape index (κ1) is 11.9. The molecular weight excluding hydrogens is 270 g/mol. The number of β-amino-alcohol motifs (C(OH)–C–C–N with tert-alkyl or cyclic N) is 1. The molecule has 0 amide bonds. The molecule has 4 heteroatoms. The summed E-state index contributed by atoms with van der Waals surface area (Å²) in [5, 5.41) is 9.66. The maximum Gasteiger partial charge on any atom is 0.123 e. The summed E-state index contributed by atoms with van der Waals surface area (Å²) in [6.45, 7) is 4.13. The normalized spacial score (nSPS) is 19.2. The van der Waals surface area contributed by atoms with Crippen LogP contribution >= 0.6 is 15.9 Å². The maximum absolute atomic E-state index is 9.66. The molecule has 0 unspecified atom stereocenters. The van der Waals surface area contributed by atoms with Crippen LogP contribution in [0.2, 0.25) is 0 Å². The van der Waals surface area contributed by atoms with Crippen molar-refractivity contribution in [2.24, 2.45) is 0 Å². The number of halogens is 1. The van der Waals surface area contributed by atoms with Gasteiger partial charge in [0.1, 0.15) is 5.75 Å². The van der Waals surface area contributed by atoms with E-state index in [4.69, 9.17) is 4.74 Å². The first-order valence-electron chi connectivity index (χ1n) is 5.27. The molecule has 0 atom stereocenters. The van der Waals surface area contributed by atoms with Crippen LogP contribution < -0.4 is 4.74 Å². The van der Waals surface area contributed by atoms with Crippen molar-refractivity contribution in [2.75, 3.05) is 20.2 Å². The zero-order valence-electron chi connectivity index (χ0n) is 9.53.